The van der Waals surface area contributed by atoms with Gasteiger partial charge in [-0.05, 0) is 36.6 Å². The standard InChI is InChI=1S/C22H23BrN2O3/c1-2-15(16-7-4-3-5-8-16)14-24-20(26)9-6-12-25-21(27)18-11-10-17(23)13-19(18)22(25)28/h3-5,7-8,10-11,13,15H,2,6,9,12,14H2,1H3,(H,24,26). The molecule has 0 aromatic heterocycles. The lowest BCUT2D eigenvalue weighted by Crippen LogP contribution is -2.32. The number of amides is 3. The first-order valence-corrected chi connectivity index (χ1v) is 10.3. The number of nitrogens with one attached hydrogen (secondary N) is 1. The van der Waals surface area contributed by atoms with Crippen molar-refractivity contribution < 1.29 is 14.4 Å². The Balaban J connectivity index is 1.47. The fourth-order valence-corrected chi connectivity index (χ4v) is 3.77. The molecule has 0 aliphatic carbocycles. The lowest BCUT2D eigenvalue weighted by molar-refractivity contribution is -0.121. The first kappa shape index (κ1) is 20.3. The van der Waals surface area contributed by atoms with Gasteiger partial charge in [-0.3, -0.25) is 19.3 Å². The third-order valence-corrected chi connectivity index (χ3v) is 5.52. The number of hydrogen-bond donors (Lipinski definition) is 1. The molecule has 1 heterocycles. The Hall–Kier alpha value is -2.47. The van der Waals surface area contributed by atoms with Crippen molar-refractivity contribution in [2.75, 3.05) is 13.1 Å². The van der Waals surface area contributed by atoms with Gasteiger partial charge < -0.3 is 5.32 Å². The van der Waals surface area contributed by atoms with Crippen molar-refractivity contribution in [3.8, 4) is 0 Å². The second kappa shape index (κ2) is 9.15. The Morgan fingerprint density at radius 3 is 2.50 bits per heavy atom. The maximum atomic E-state index is 12.4. The molecule has 1 aliphatic heterocycles. The van der Waals surface area contributed by atoms with Crippen molar-refractivity contribution in [2.24, 2.45) is 0 Å². The Morgan fingerprint density at radius 2 is 1.79 bits per heavy atom. The number of imide groups is 1. The third-order valence-electron chi connectivity index (χ3n) is 5.03. The van der Waals surface area contributed by atoms with Gasteiger partial charge in [-0.1, -0.05) is 53.2 Å². The second-order valence-electron chi connectivity index (χ2n) is 6.88. The van der Waals surface area contributed by atoms with Crippen molar-refractivity contribution in [1.29, 1.82) is 0 Å². The van der Waals surface area contributed by atoms with Gasteiger partial charge in [0.15, 0.2) is 0 Å². The van der Waals surface area contributed by atoms with Crippen LogP contribution in [0.15, 0.2) is 53.0 Å². The molecule has 2 aromatic carbocycles. The van der Waals surface area contributed by atoms with Crippen LogP contribution < -0.4 is 5.32 Å². The summed E-state index contributed by atoms with van der Waals surface area (Å²) in [7, 11) is 0. The van der Waals surface area contributed by atoms with Crippen LogP contribution in [0.2, 0.25) is 0 Å². The van der Waals surface area contributed by atoms with E-state index >= 15 is 0 Å². The molecule has 1 N–H and O–H groups in total. The van der Waals surface area contributed by atoms with E-state index in [1.165, 1.54) is 10.5 Å². The SMILES string of the molecule is CCC(CNC(=O)CCCN1C(=O)c2ccc(Br)cc2C1=O)c1ccccc1. The molecule has 146 valence electrons. The molecule has 0 radical (unpaired) electrons. The van der Waals surface area contributed by atoms with Crippen molar-refractivity contribution in [3.05, 3.63) is 69.7 Å². The summed E-state index contributed by atoms with van der Waals surface area (Å²) in [4.78, 5) is 38.2. The number of halogens is 1. The highest BCUT2D eigenvalue weighted by molar-refractivity contribution is 9.10. The maximum absolute atomic E-state index is 12.4. The highest BCUT2D eigenvalue weighted by Crippen LogP contribution is 2.26. The molecule has 0 fully saturated rings. The Morgan fingerprint density at radius 1 is 1.07 bits per heavy atom. The van der Waals surface area contributed by atoms with Crippen LogP contribution in [0.4, 0.5) is 0 Å². The molecule has 1 unspecified atom stereocenters. The first-order chi connectivity index (χ1) is 13.5. The topological polar surface area (TPSA) is 66.5 Å². The minimum Gasteiger partial charge on any atom is -0.355 e. The number of fused-ring (bicyclic) bond motifs is 1. The molecule has 2 aromatic rings. The quantitative estimate of drug-likeness (QED) is 0.624. The summed E-state index contributed by atoms with van der Waals surface area (Å²) in [6, 6.07) is 15.2. The molecule has 28 heavy (non-hydrogen) atoms. The van der Waals surface area contributed by atoms with Gasteiger partial charge in [-0.25, -0.2) is 0 Å². The van der Waals surface area contributed by atoms with E-state index < -0.39 is 0 Å². The molecular formula is C22H23BrN2O3. The first-order valence-electron chi connectivity index (χ1n) is 9.48. The van der Waals surface area contributed by atoms with E-state index in [0.29, 0.717) is 24.1 Å². The summed E-state index contributed by atoms with van der Waals surface area (Å²) in [5.74, 6) is -0.367. The molecule has 5 nitrogen and oxygen atoms in total. The monoisotopic (exact) mass is 442 g/mol. The number of carbonyl (C=O) groups excluding carboxylic acids is 3. The predicted molar refractivity (Wildman–Crippen MR) is 111 cm³/mol. The zero-order valence-electron chi connectivity index (χ0n) is 15.8. The predicted octanol–water partition coefficient (Wildman–Crippen LogP) is 4.14. The number of benzene rings is 2. The average molecular weight is 443 g/mol. The minimum absolute atomic E-state index is 0.0614. The smallest absolute Gasteiger partial charge is 0.261 e. The Kier molecular flexibility index (Phi) is 6.62. The number of nitrogens with zero attached hydrogens (tertiary/aromatic N) is 1. The summed E-state index contributed by atoms with van der Waals surface area (Å²) in [6.45, 7) is 2.93. The van der Waals surface area contributed by atoms with E-state index in [9.17, 15) is 14.4 Å². The van der Waals surface area contributed by atoms with Crippen LogP contribution in [-0.2, 0) is 4.79 Å². The molecule has 3 amide bonds. The lowest BCUT2D eigenvalue weighted by Gasteiger charge is -2.17. The summed E-state index contributed by atoms with van der Waals surface area (Å²) < 4.78 is 0.762. The number of rotatable bonds is 8. The van der Waals surface area contributed by atoms with Crippen LogP contribution in [0.5, 0.6) is 0 Å². The minimum atomic E-state index is -0.295. The summed E-state index contributed by atoms with van der Waals surface area (Å²) in [5, 5.41) is 2.97. The number of carbonyl (C=O) groups is 3. The van der Waals surface area contributed by atoms with Crippen molar-refractivity contribution >= 4 is 33.7 Å². The molecule has 0 saturated heterocycles. The molecular weight excluding hydrogens is 420 g/mol. The largest absolute Gasteiger partial charge is 0.355 e. The van der Waals surface area contributed by atoms with Crippen LogP contribution in [0.25, 0.3) is 0 Å². The van der Waals surface area contributed by atoms with E-state index in [2.05, 4.69) is 40.3 Å². The summed E-state index contributed by atoms with van der Waals surface area (Å²) >= 11 is 3.32. The van der Waals surface area contributed by atoms with Gasteiger partial charge in [0.05, 0.1) is 11.1 Å². The Labute approximate surface area is 173 Å². The zero-order chi connectivity index (χ0) is 20.1. The molecule has 0 spiro atoms. The third kappa shape index (κ3) is 4.50. The van der Waals surface area contributed by atoms with Crippen LogP contribution >= 0.6 is 15.9 Å². The highest BCUT2D eigenvalue weighted by Gasteiger charge is 2.35. The van der Waals surface area contributed by atoms with E-state index in [0.717, 1.165) is 10.9 Å². The van der Waals surface area contributed by atoms with Gasteiger partial charge >= 0.3 is 0 Å². The molecule has 6 heteroatoms. The van der Waals surface area contributed by atoms with Gasteiger partial charge in [0.2, 0.25) is 5.91 Å². The maximum Gasteiger partial charge on any atom is 0.261 e. The van der Waals surface area contributed by atoms with Gasteiger partial charge in [0, 0.05) is 29.9 Å². The van der Waals surface area contributed by atoms with Gasteiger partial charge in [0.25, 0.3) is 11.8 Å². The van der Waals surface area contributed by atoms with Gasteiger partial charge in [-0.15, -0.1) is 0 Å². The number of hydrogen-bond acceptors (Lipinski definition) is 3. The van der Waals surface area contributed by atoms with E-state index in [1.807, 2.05) is 18.2 Å². The molecule has 1 aliphatic rings. The van der Waals surface area contributed by atoms with E-state index in [4.69, 9.17) is 0 Å². The van der Waals surface area contributed by atoms with Crippen LogP contribution in [-0.4, -0.2) is 35.7 Å². The van der Waals surface area contributed by atoms with Crippen molar-refractivity contribution in [1.82, 2.24) is 10.2 Å². The summed E-state index contributed by atoms with van der Waals surface area (Å²) in [6.07, 6.45) is 1.66. The second-order valence-corrected chi connectivity index (χ2v) is 7.79. The van der Waals surface area contributed by atoms with E-state index in [1.54, 1.807) is 18.2 Å². The highest BCUT2D eigenvalue weighted by atomic mass is 79.9. The van der Waals surface area contributed by atoms with Crippen molar-refractivity contribution in [2.45, 2.75) is 32.1 Å². The van der Waals surface area contributed by atoms with Gasteiger partial charge in [0.1, 0.15) is 0 Å². The van der Waals surface area contributed by atoms with Crippen LogP contribution in [0, 0.1) is 0 Å². The van der Waals surface area contributed by atoms with Crippen LogP contribution in [0.1, 0.15) is 58.4 Å². The van der Waals surface area contributed by atoms with E-state index in [-0.39, 0.29) is 36.6 Å². The lowest BCUT2D eigenvalue weighted by atomic mass is 9.96. The van der Waals surface area contributed by atoms with Crippen molar-refractivity contribution in [3.63, 3.8) is 0 Å². The Bertz CT molecular complexity index is 883. The molecule has 0 bridgehead atoms. The van der Waals surface area contributed by atoms with Crippen LogP contribution in [0.3, 0.4) is 0 Å². The average Bonchev–Trinajstić information content (AvgIpc) is 2.93. The van der Waals surface area contributed by atoms with Gasteiger partial charge in [-0.2, -0.15) is 0 Å². The molecule has 1 atom stereocenters. The normalized spacial score (nSPS) is 14.1. The zero-order valence-corrected chi connectivity index (χ0v) is 17.4. The fraction of sp³-hybridized carbons (Fsp3) is 0.318. The molecule has 0 saturated carbocycles. The summed E-state index contributed by atoms with van der Waals surface area (Å²) in [5.41, 5.74) is 2.05. The molecule has 3 rings (SSSR count). The fourth-order valence-electron chi connectivity index (χ4n) is 3.41.